The fourth-order valence-electron chi connectivity index (χ4n) is 2.74. The van der Waals surface area contributed by atoms with Crippen LogP contribution in [0.3, 0.4) is 0 Å². The Morgan fingerprint density at radius 3 is 1.45 bits per heavy atom. The first kappa shape index (κ1) is 14.0. The molecule has 0 heterocycles. The summed E-state index contributed by atoms with van der Waals surface area (Å²) >= 11 is 0. The van der Waals surface area contributed by atoms with Crippen LogP contribution in [-0.2, 0) is 0 Å². The Morgan fingerprint density at radius 1 is 0.682 bits per heavy atom. The lowest BCUT2D eigenvalue weighted by Crippen LogP contribution is -2.17. The summed E-state index contributed by atoms with van der Waals surface area (Å²) in [5, 5.41) is 15.2. The van der Waals surface area contributed by atoms with Crippen LogP contribution in [0, 0.1) is 10.8 Å². The molecule has 0 atom stereocenters. The lowest BCUT2D eigenvalue weighted by atomic mass is 10.1. The van der Waals surface area contributed by atoms with Gasteiger partial charge in [0.25, 0.3) is 0 Å². The number of allylic oxidation sites excluding steroid dienone is 2. The Bertz CT molecular complexity index is 750. The van der Waals surface area contributed by atoms with E-state index in [1.165, 1.54) is 0 Å². The first-order chi connectivity index (χ1) is 10.8. The summed E-state index contributed by atoms with van der Waals surface area (Å²) in [5.74, 6) is 5.08. The van der Waals surface area contributed by atoms with Gasteiger partial charge in [-0.25, -0.2) is 0 Å². The van der Waals surface area contributed by atoms with Gasteiger partial charge in [0.15, 0.2) is 0 Å². The Labute approximate surface area is 129 Å². The van der Waals surface area contributed by atoms with Gasteiger partial charge in [-0.1, -0.05) is 36.4 Å². The highest BCUT2D eigenvalue weighted by Gasteiger charge is 2.33. The number of hydrogen-bond acceptors (Lipinski definition) is 2. The van der Waals surface area contributed by atoms with Crippen molar-refractivity contribution in [2.45, 2.75) is 12.8 Å². The highest BCUT2D eigenvalue weighted by Crippen LogP contribution is 2.29. The smallest absolute Gasteiger partial charge is 0.236 e. The van der Waals surface area contributed by atoms with Crippen molar-refractivity contribution in [2.24, 2.45) is 0 Å². The molecule has 22 heavy (non-hydrogen) atoms. The number of nitrogens with one attached hydrogen (secondary N) is 2. The van der Waals surface area contributed by atoms with Crippen LogP contribution in [0.4, 0.5) is 11.4 Å². The summed E-state index contributed by atoms with van der Waals surface area (Å²) in [6.45, 7) is 0. The van der Waals surface area contributed by atoms with Crippen LogP contribution in [0.25, 0.3) is 0 Å². The van der Waals surface area contributed by atoms with Gasteiger partial charge in [0.05, 0.1) is 11.1 Å². The predicted molar refractivity (Wildman–Crippen MR) is 91.1 cm³/mol. The van der Waals surface area contributed by atoms with Crippen molar-refractivity contribution in [3.05, 3.63) is 71.8 Å². The highest BCUT2D eigenvalue weighted by atomic mass is 15.0. The van der Waals surface area contributed by atoms with Crippen LogP contribution < -0.4 is 4.58 Å². The van der Waals surface area contributed by atoms with Crippen molar-refractivity contribution in [1.29, 1.82) is 10.8 Å². The van der Waals surface area contributed by atoms with Gasteiger partial charge in [-0.3, -0.25) is 10.8 Å². The van der Waals surface area contributed by atoms with Gasteiger partial charge in [0.2, 0.25) is 17.1 Å². The second-order valence-corrected chi connectivity index (χ2v) is 5.06. The molecule has 3 rings (SSSR count). The molecule has 1 saturated carbocycles. The molecule has 2 aromatic carbocycles. The Kier molecular flexibility index (Phi) is 3.93. The quantitative estimate of drug-likeness (QED) is 0.617. The van der Waals surface area contributed by atoms with Crippen molar-refractivity contribution < 1.29 is 0 Å². The van der Waals surface area contributed by atoms with E-state index in [2.05, 4.69) is 16.3 Å². The molecule has 2 N–H and O–H groups in total. The van der Waals surface area contributed by atoms with Crippen LogP contribution >= 0.6 is 0 Å². The molecule has 2 aromatic rings. The first-order valence-electron chi connectivity index (χ1n) is 7.20. The minimum atomic E-state index is 0.732. The SMILES string of the molecule is N=C=C1CCC(=C=N)C1=[N+](c1ccccc1)c1ccccc1. The third-order valence-electron chi connectivity index (χ3n) is 3.75. The molecule has 0 bridgehead atoms. The topological polar surface area (TPSA) is 50.7 Å². The maximum absolute atomic E-state index is 7.58. The molecule has 0 radical (unpaired) electrons. The molecular weight excluding hydrogens is 270 g/mol. The van der Waals surface area contributed by atoms with Gasteiger partial charge in [-0.05, 0) is 24.6 Å². The fraction of sp³-hybridized carbons (Fsp3) is 0.105. The van der Waals surface area contributed by atoms with E-state index in [4.69, 9.17) is 10.8 Å². The summed E-state index contributed by atoms with van der Waals surface area (Å²) in [6.07, 6.45) is 1.46. The lowest BCUT2D eigenvalue weighted by molar-refractivity contribution is 1.07. The molecular formula is C19H16N3+. The molecule has 3 heteroatoms. The van der Waals surface area contributed by atoms with Crippen LogP contribution in [-0.4, -0.2) is 17.5 Å². The molecule has 1 aliphatic carbocycles. The van der Waals surface area contributed by atoms with E-state index in [-0.39, 0.29) is 0 Å². The van der Waals surface area contributed by atoms with E-state index in [9.17, 15) is 0 Å². The van der Waals surface area contributed by atoms with E-state index in [0.717, 1.165) is 41.1 Å². The van der Waals surface area contributed by atoms with Gasteiger partial charge in [-0.15, -0.1) is 0 Å². The second kappa shape index (κ2) is 6.19. The van der Waals surface area contributed by atoms with E-state index in [1.54, 1.807) is 0 Å². The van der Waals surface area contributed by atoms with Crippen molar-refractivity contribution in [1.82, 2.24) is 4.58 Å². The average molecular weight is 286 g/mol. The van der Waals surface area contributed by atoms with Crippen LogP contribution in [0.1, 0.15) is 12.8 Å². The van der Waals surface area contributed by atoms with Gasteiger partial charge in [0, 0.05) is 24.3 Å². The van der Waals surface area contributed by atoms with Crippen molar-refractivity contribution >= 4 is 28.8 Å². The van der Waals surface area contributed by atoms with Crippen LogP contribution in [0.15, 0.2) is 71.8 Å². The number of hydrogen-bond donors (Lipinski definition) is 2. The molecule has 0 spiro atoms. The second-order valence-electron chi connectivity index (χ2n) is 5.06. The van der Waals surface area contributed by atoms with Crippen molar-refractivity contribution in [3.63, 3.8) is 0 Å². The Balaban J connectivity index is 2.37. The first-order valence-corrected chi connectivity index (χ1v) is 7.20. The zero-order valence-electron chi connectivity index (χ0n) is 12.1. The lowest BCUT2D eigenvalue weighted by Gasteiger charge is -2.06. The minimum Gasteiger partial charge on any atom is -0.258 e. The molecule has 0 aliphatic heterocycles. The monoisotopic (exact) mass is 286 g/mol. The predicted octanol–water partition coefficient (Wildman–Crippen LogP) is 4.11. The average Bonchev–Trinajstić information content (AvgIpc) is 3.00. The standard InChI is InChI=1S/C19H16N3/c20-13-15-11-12-16(14-21)19(15)22(17-7-3-1-4-8-17)18-9-5-2-6-10-18/h1-10,20-21H,11-12H2/q+1. The van der Waals surface area contributed by atoms with Gasteiger partial charge < -0.3 is 0 Å². The van der Waals surface area contributed by atoms with Crippen molar-refractivity contribution in [2.75, 3.05) is 0 Å². The van der Waals surface area contributed by atoms with E-state index in [1.807, 2.05) is 60.7 Å². The molecule has 0 aromatic heterocycles. The van der Waals surface area contributed by atoms with E-state index in [0.29, 0.717) is 0 Å². The third kappa shape index (κ3) is 2.47. The number of para-hydroxylation sites is 2. The summed E-state index contributed by atoms with van der Waals surface area (Å²) in [7, 11) is 0. The summed E-state index contributed by atoms with van der Waals surface area (Å²) in [4.78, 5) is 0. The molecule has 0 amide bonds. The van der Waals surface area contributed by atoms with Crippen molar-refractivity contribution in [3.8, 4) is 0 Å². The molecule has 1 fully saturated rings. The Hall–Kier alpha value is -2.99. The number of rotatable bonds is 2. The zero-order chi connectivity index (χ0) is 15.4. The van der Waals surface area contributed by atoms with E-state index >= 15 is 0 Å². The molecule has 1 aliphatic rings. The van der Waals surface area contributed by atoms with Gasteiger partial charge >= 0.3 is 0 Å². The fourth-order valence-corrected chi connectivity index (χ4v) is 2.74. The Morgan fingerprint density at radius 2 is 1.09 bits per heavy atom. The van der Waals surface area contributed by atoms with Crippen LogP contribution in [0.2, 0.25) is 0 Å². The van der Waals surface area contributed by atoms with Gasteiger partial charge in [-0.2, -0.15) is 4.58 Å². The maximum Gasteiger partial charge on any atom is 0.236 e. The molecule has 0 unspecified atom stereocenters. The third-order valence-corrected chi connectivity index (χ3v) is 3.75. The zero-order valence-corrected chi connectivity index (χ0v) is 12.1. The molecule has 3 nitrogen and oxygen atoms in total. The number of benzene rings is 2. The highest BCUT2D eigenvalue weighted by molar-refractivity contribution is 6.24. The molecule has 106 valence electrons. The molecule has 0 saturated heterocycles. The summed E-state index contributed by atoms with van der Waals surface area (Å²) in [5.41, 5.74) is 4.52. The van der Waals surface area contributed by atoms with Gasteiger partial charge in [0.1, 0.15) is 0 Å². The normalized spacial score (nSPS) is 13.7. The van der Waals surface area contributed by atoms with E-state index < -0.39 is 0 Å². The largest absolute Gasteiger partial charge is 0.258 e. The maximum atomic E-state index is 7.58. The van der Waals surface area contributed by atoms with Crippen LogP contribution in [0.5, 0.6) is 0 Å². The minimum absolute atomic E-state index is 0.732. The summed E-state index contributed by atoms with van der Waals surface area (Å²) in [6, 6.07) is 20.0. The number of nitrogens with zero attached hydrogens (tertiary/aromatic N) is 1. The summed E-state index contributed by atoms with van der Waals surface area (Å²) < 4.78 is 2.08.